The van der Waals surface area contributed by atoms with Crippen molar-refractivity contribution in [3.63, 3.8) is 0 Å². The third-order valence-corrected chi connectivity index (χ3v) is 5.13. The van der Waals surface area contributed by atoms with E-state index >= 15 is 0 Å². The molecule has 1 saturated carbocycles. The molecule has 0 aromatic heterocycles. The summed E-state index contributed by atoms with van der Waals surface area (Å²) in [6, 6.07) is 8.01. The van der Waals surface area contributed by atoms with E-state index in [1.54, 1.807) is 12.2 Å². The summed E-state index contributed by atoms with van der Waals surface area (Å²) in [4.78, 5) is 12.4. The highest BCUT2D eigenvalue weighted by molar-refractivity contribution is 5.81. The average Bonchev–Trinajstić information content (AvgIpc) is 3.05. The number of esters is 1. The van der Waals surface area contributed by atoms with Crippen LogP contribution in [0, 0.1) is 10.8 Å². The van der Waals surface area contributed by atoms with Gasteiger partial charge < -0.3 is 4.74 Å². The second-order valence-electron chi connectivity index (χ2n) is 7.12. The van der Waals surface area contributed by atoms with Crippen molar-refractivity contribution in [1.82, 2.24) is 0 Å². The van der Waals surface area contributed by atoms with Gasteiger partial charge in [-0.2, -0.15) is 0 Å². The maximum absolute atomic E-state index is 12.4. The molecule has 1 fully saturated rings. The summed E-state index contributed by atoms with van der Waals surface area (Å²) >= 11 is 0. The average molecular weight is 310 g/mol. The molecule has 1 aliphatic rings. The molecule has 122 valence electrons. The zero-order chi connectivity index (χ0) is 17.3. The van der Waals surface area contributed by atoms with Crippen LogP contribution in [0.1, 0.15) is 51.3 Å². The number of allylic oxidation sites excluding steroid dienone is 4. The van der Waals surface area contributed by atoms with Gasteiger partial charge >= 0.3 is 5.97 Å². The third kappa shape index (κ3) is 3.31. The smallest absolute Gasteiger partial charge is 0.312 e. The highest BCUT2D eigenvalue weighted by Crippen LogP contribution is 2.63. The molecule has 2 nitrogen and oxygen atoms in total. The molecule has 1 aliphatic carbocycles. The van der Waals surface area contributed by atoms with Gasteiger partial charge in [0.05, 0.1) is 5.41 Å². The van der Waals surface area contributed by atoms with Crippen molar-refractivity contribution in [2.24, 2.45) is 10.8 Å². The highest BCUT2D eigenvalue weighted by atomic mass is 16.5. The summed E-state index contributed by atoms with van der Waals surface area (Å²) in [7, 11) is 0. The lowest BCUT2D eigenvalue weighted by Crippen LogP contribution is -2.22. The Labute approximate surface area is 139 Å². The minimum Gasteiger partial charge on any atom is -0.457 e. The van der Waals surface area contributed by atoms with Crippen molar-refractivity contribution in [3.8, 4) is 0 Å². The molecule has 1 aromatic rings. The molecule has 2 atom stereocenters. The van der Waals surface area contributed by atoms with Gasteiger partial charge in [-0.25, -0.2) is 0 Å². The molecule has 2 unspecified atom stereocenters. The van der Waals surface area contributed by atoms with E-state index in [1.807, 2.05) is 44.2 Å². The molecule has 0 aliphatic heterocycles. The Kier molecular flexibility index (Phi) is 4.65. The predicted molar refractivity (Wildman–Crippen MR) is 95.8 cm³/mol. The fourth-order valence-electron chi connectivity index (χ4n) is 2.90. The summed E-state index contributed by atoms with van der Waals surface area (Å²) in [5, 5.41) is 0. The predicted octanol–water partition coefficient (Wildman–Crippen LogP) is 5.48. The number of hydrogen-bond donors (Lipinski definition) is 0. The molecule has 0 N–H and O–H groups in total. The first-order valence-electron chi connectivity index (χ1n) is 8.02. The second-order valence-corrected chi connectivity index (χ2v) is 7.12. The lowest BCUT2D eigenvalue weighted by atomic mass is 9.98. The van der Waals surface area contributed by atoms with Gasteiger partial charge in [-0.05, 0) is 42.4 Å². The van der Waals surface area contributed by atoms with Crippen LogP contribution in [-0.2, 0) is 9.53 Å². The minimum atomic E-state index is -0.343. The Morgan fingerprint density at radius 1 is 1.22 bits per heavy atom. The van der Waals surface area contributed by atoms with Crippen molar-refractivity contribution in [3.05, 3.63) is 66.8 Å². The first kappa shape index (κ1) is 17.3. The zero-order valence-electron chi connectivity index (χ0n) is 14.6. The van der Waals surface area contributed by atoms with Gasteiger partial charge in [0.2, 0.25) is 0 Å². The Hall–Kier alpha value is -2.09. The van der Waals surface area contributed by atoms with E-state index < -0.39 is 0 Å². The van der Waals surface area contributed by atoms with Crippen LogP contribution in [0.4, 0.5) is 0 Å². The molecule has 0 bridgehead atoms. The molecule has 0 radical (unpaired) electrons. The molecule has 0 spiro atoms. The fourth-order valence-corrected chi connectivity index (χ4v) is 2.90. The SMILES string of the molecule is C=C/C=C(\C=C)c1ccc(C(C)OC(=O)C2(C)CC2(C)C)cc1. The fraction of sp³-hybridized carbons (Fsp3) is 0.381. The van der Waals surface area contributed by atoms with E-state index in [-0.39, 0.29) is 22.9 Å². The van der Waals surface area contributed by atoms with E-state index in [2.05, 4.69) is 27.0 Å². The molecule has 1 aromatic carbocycles. The molecule has 23 heavy (non-hydrogen) atoms. The number of ether oxygens (including phenoxy) is 1. The van der Waals surface area contributed by atoms with Crippen molar-refractivity contribution in [2.45, 2.75) is 40.2 Å². The summed E-state index contributed by atoms with van der Waals surface area (Å²) in [6.45, 7) is 15.6. The topological polar surface area (TPSA) is 26.3 Å². The van der Waals surface area contributed by atoms with Gasteiger partial charge in [-0.3, -0.25) is 4.79 Å². The van der Waals surface area contributed by atoms with Crippen LogP contribution in [0.2, 0.25) is 0 Å². The first-order valence-corrected chi connectivity index (χ1v) is 8.02. The number of carbonyl (C=O) groups is 1. The van der Waals surface area contributed by atoms with Crippen molar-refractivity contribution in [1.29, 1.82) is 0 Å². The quantitative estimate of drug-likeness (QED) is 0.513. The van der Waals surface area contributed by atoms with Crippen LogP contribution in [-0.4, -0.2) is 5.97 Å². The van der Waals surface area contributed by atoms with Crippen LogP contribution >= 0.6 is 0 Å². The van der Waals surface area contributed by atoms with Crippen LogP contribution in [0.5, 0.6) is 0 Å². The Bertz CT molecular complexity index is 649. The Morgan fingerprint density at radius 3 is 2.22 bits per heavy atom. The van der Waals surface area contributed by atoms with E-state index in [9.17, 15) is 4.79 Å². The van der Waals surface area contributed by atoms with Gasteiger partial charge in [0.15, 0.2) is 0 Å². The van der Waals surface area contributed by atoms with Crippen molar-refractivity contribution in [2.75, 3.05) is 0 Å². The largest absolute Gasteiger partial charge is 0.457 e. The molecule has 2 rings (SSSR count). The van der Waals surface area contributed by atoms with Crippen LogP contribution < -0.4 is 0 Å². The maximum atomic E-state index is 12.4. The number of carbonyl (C=O) groups excluding carboxylic acids is 1. The molecule has 0 amide bonds. The first-order chi connectivity index (χ1) is 10.7. The third-order valence-electron chi connectivity index (χ3n) is 5.13. The summed E-state index contributed by atoms with van der Waals surface area (Å²) in [5.74, 6) is -0.0996. The lowest BCUT2D eigenvalue weighted by molar-refractivity contribution is -0.156. The van der Waals surface area contributed by atoms with Gasteiger partial charge in [-0.1, -0.05) is 69.5 Å². The molecule has 2 heteroatoms. The van der Waals surface area contributed by atoms with Crippen molar-refractivity contribution < 1.29 is 9.53 Å². The van der Waals surface area contributed by atoms with Gasteiger partial charge in [-0.15, -0.1) is 0 Å². The van der Waals surface area contributed by atoms with E-state index in [0.29, 0.717) is 0 Å². The number of hydrogen-bond acceptors (Lipinski definition) is 2. The Morgan fingerprint density at radius 2 is 1.78 bits per heavy atom. The van der Waals surface area contributed by atoms with Crippen molar-refractivity contribution >= 4 is 11.5 Å². The van der Waals surface area contributed by atoms with Gasteiger partial charge in [0.25, 0.3) is 0 Å². The molecule has 0 saturated heterocycles. The maximum Gasteiger partial charge on any atom is 0.312 e. The normalized spacial score (nSPS) is 23.7. The van der Waals surface area contributed by atoms with E-state index in [1.165, 1.54) is 0 Å². The zero-order valence-corrected chi connectivity index (χ0v) is 14.6. The minimum absolute atomic E-state index is 0.0437. The van der Waals surface area contributed by atoms with Crippen LogP contribution in [0.3, 0.4) is 0 Å². The summed E-state index contributed by atoms with van der Waals surface area (Å²) in [5.41, 5.74) is 2.78. The van der Waals surface area contributed by atoms with Crippen LogP contribution in [0.15, 0.2) is 55.7 Å². The van der Waals surface area contributed by atoms with E-state index in [0.717, 1.165) is 23.1 Å². The monoisotopic (exact) mass is 310 g/mol. The highest BCUT2D eigenvalue weighted by Gasteiger charge is 2.64. The molecule has 0 heterocycles. The molecular formula is C21H26O2. The standard InChI is InChI=1S/C21H26O2/c1-7-9-16(8-2)18-12-10-17(11-13-18)15(3)23-19(22)21(6)14-20(21,4)5/h7-13,15H,1-2,14H2,3-6H3/b16-9+. The number of benzene rings is 1. The van der Waals surface area contributed by atoms with Gasteiger partial charge in [0.1, 0.15) is 6.10 Å². The summed E-state index contributed by atoms with van der Waals surface area (Å²) < 4.78 is 5.68. The Balaban J connectivity index is 2.08. The van der Waals surface area contributed by atoms with E-state index in [4.69, 9.17) is 4.74 Å². The lowest BCUT2D eigenvalue weighted by Gasteiger charge is -2.19. The number of rotatable bonds is 6. The summed E-state index contributed by atoms with van der Waals surface area (Å²) in [6.07, 6.45) is 6.10. The molecular weight excluding hydrogens is 284 g/mol. The van der Waals surface area contributed by atoms with Crippen LogP contribution in [0.25, 0.3) is 5.57 Å². The van der Waals surface area contributed by atoms with Gasteiger partial charge in [0, 0.05) is 0 Å². The second kappa shape index (κ2) is 6.19.